The van der Waals surface area contributed by atoms with Gasteiger partial charge in [-0.05, 0) is 0 Å². The summed E-state index contributed by atoms with van der Waals surface area (Å²) in [6.07, 6.45) is 0. The molecular formula is C7H10N2Se3. The summed E-state index contributed by atoms with van der Waals surface area (Å²) in [5.74, 6) is 6.57. The first-order valence-corrected chi connectivity index (χ1v) is 11.0. The molecule has 0 aromatic carbocycles. The maximum atomic E-state index is 4.47. The van der Waals surface area contributed by atoms with Gasteiger partial charge in [0.2, 0.25) is 0 Å². The predicted molar refractivity (Wildman–Crippen MR) is 55.8 cm³/mol. The third kappa shape index (κ3) is 2.84. The van der Waals surface area contributed by atoms with E-state index in [0.29, 0.717) is 44.9 Å². The molecule has 0 fully saturated rings. The molecule has 1 aromatic heterocycles. The Bertz CT molecular complexity index is 210. The van der Waals surface area contributed by atoms with E-state index in [2.05, 4.69) is 33.5 Å². The van der Waals surface area contributed by atoms with Crippen LogP contribution < -0.4 is 13.9 Å². The first kappa shape index (κ1) is 10.7. The molecular weight excluding hydrogens is 349 g/mol. The monoisotopic (exact) mass is 362 g/mol. The number of hydrogen-bond acceptors (Lipinski definition) is 2. The van der Waals surface area contributed by atoms with Crippen LogP contribution in [-0.4, -0.2) is 54.8 Å². The fraction of sp³-hybridized carbons (Fsp3) is 0.429. The second-order valence-corrected chi connectivity index (χ2v) is 7.03. The summed E-state index contributed by atoms with van der Waals surface area (Å²) in [6, 6.07) is 2.16. The predicted octanol–water partition coefficient (Wildman–Crippen LogP) is -1.39. The van der Waals surface area contributed by atoms with Crippen LogP contribution >= 0.6 is 0 Å². The topological polar surface area (TPSA) is 25.8 Å². The van der Waals surface area contributed by atoms with Crippen LogP contribution in [-0.2, 0) is 0 Å². The van der Waals surface area contributed by atoms with Crippen molar-refractivity contribution in [3.63, 3.8) is 0 Å². The molecule has 0 unspecified atom stereocenters. The van der Waals surface area contributed by atoms with E-state index in [9.17, 15) is 0 Å². The van der Waals surface area contributed by atoms with Gasteiger partial charge in [-0.3, -0.25) is 0 Å². The molecule has 0 spiro atoms. The van der Waals surface area contributed by atoms with Gasteiger partial charge in [0.05, 0.1) is 0 Å². The Hall–Kier alpha value is 0.638. The van der Waals surface area contributed by atoms with Gasteiger partial charge in [-0.2, -0.15) is 0 Å². The molecule has 12 heavy (non-hydrogen) atoms. The van der Waals surface area contributed by atoms with Crippen LogP contribution in [0, 0.1) is 0 Å². The molecule has 0 N–H and O–H groups in total. The maximum absolute atomic E-state index is 4.47. The minimum atomic E-state index is 0.446. The Kier molecular flexibility index (Phi) is 4.81. The number of nitrogens with zero attached hydrogens (tertiary/aromatic N) is 2. The molecule has 5 heteroatoms. The van der Waals surface area contributed by atoms with Crippen LogP contribution in [0.2, 0.25) is 17.5 Å². The summed E-state index contributed by atoms with van der Waals surface area (Å²) in [4.78, 5) is 8.95. The zero-order valence-corrected chi connectivity index (χ0v) is 12.3. The third-order valence-electron chi connectivity index (χ3n) is 1.26. The Labute approximate surface area is 91.8 Å². The Morgan fingerprint density at radius 1 is 0.917 bits per heavy atom. The van der Waals surface area contributed by atoms with Crippen LogP contribution in [0.5, 0.6) is 0 Å². The summed E-state index contributed by atoms with van der Waals surface area (Å²) in [6.45, 7) is 0. The van der Waals surface area contributed by atoms with Gasteiger partial charge < -0.3 is 0 Å². The van der Waals surface area contributed by atoms with E-state index >= 15 is 0 Å². The molecule has 2 nitrogen and oxygen atoms in total. The molecule has 0 aliphatic rings. The van der Waals surface area contributed by atoms with Gasteiger partial charge in [-0.25, -0.2) is 0 Å². The normalized spacial score (nSPS) is 10.2. The van der Waals surface area contributed by atoms with Gasteiger partial charge in [0.1, 0.15) is 0 Å². The average molecular weight is 359 g/mol. The Morgan fingerprint density at radius 3 is 1.75 bits per heavy atom. The molecule has 0 saturated carbocycles. The first-order valence-electron chi connectivity index (χ1n) is 3.31. The third-order valence-corrected chi connectivity index (χ3v) is 5.04. The molecule has 0 amide bonds. The van der Waals surface area contributed by atoms with Crippen LogP contribution in [0.4, 0.5) is 0 Å². The summed E-state index contributed by atoms with van der Waals surface area (Å²) in [5, 5.41) is 0. The van der Waals surface area contributed by atoms with Crippen molar-refractivity contribution in [2.24, 2.45) is 0 Å². The van der Waals surface area contributed by atoms with Crippen molar-refractivity contribution in [1.82, 2.24) is 9.97 Å². The fourth-order valence-corrected chi connectivity index (χ4v) is 4.15. The van der Waals surface area contributed by atoms with Crippen LogP contribution in [0.3, 0.4) is 0 Å². The van der Waals surface area contributed by atoms with Gasteiger partial charge in [0.15, 0.2) is 0 Å². The van der Waals surface area contributed by atoms with Gasteiger partial charge >= 0.3 is 92.3 Å². The minimum absolute atomic E-state index is 0.446. The summed E-state index contributed by atoms with van der Waals surface area (Å²) in [7, 11) is 0. The summed E-state index contributed by atoms with van der Waals surface area (Å²) >= 11 is 1.48. The van der Waals surface area contributed by atoms with Gasteiger partial charge in [-0.15, -0.1) is 0 Å². The summed E-state index contributed by atoms with van der Waals surface area (Å²) < 4.78 is 3.59. The Morgan fingerprint density at radius 2 is 1.42 bits per heavy atom. The number of rotatable bonds is 3. The molecule has 1 aromatic rings. The van der Waals surface area contributed by atoms with Crippen molar-refractivity contribution in [3.8, 4) is 0 Å². The van der Waals surface area contributed by atoms with Crippen molar-refractivity contribution in [3.05, 3.63) is 6.07 Å². The van der Waals surface area contributed by atoms with Crippen LogP contribution in [0.25, 0.3) is 0 Å². The van der Waals surface area contributed by atoms with Crippen molar-refractivity contribution in [1.29, 1.82) is 0 Å². The van der Waals surface area contributed by atoms with Crippen LogP contribution in [0.15, 0.2) is 6.07 Å². The van der Waals surface area contributed by atoms with Gasteiger partial charge in [0.25, 0.3) is 0 Å². The van der Waals surface area contributed by atoms with E-state index < -0.39 is 0 Å². The van der Waals surface area contributed by atoms with E-state index in [0.717, 1.165) is 4.72 Å². The number of aromatic nitrogens is 2. The van der Waals surface area contributed by atoms with Crippen molar-refractivity contribution < 1.29 is 0 Å². The molecule has 1 heterocycles. The summed E-state index contributed by atoms with van der Waals surface area (Å²) in [5.41, 5.74) is 0. The molecule has 0 radical (unpaired) electrons. The second-order valence-electron chi connectivity index (χ2n) is 1.94. The van der Waals surface area contributed by atoms with Gasteiger partial charge in [0, 0.05) is 0 Å². The molecule has 0 aliphatic carbocycles. The zero-order chi connectivity index (χ0) is 8.97. The van der Waals surface area contributed by atoms with Gasteiger partial charge in [-0.1, -0.05) is 0 Å². The first-order chi connectivity index (χ1) is 5.80. The molecule has 0 saturated heterocycles. The molecule has 0 bridgehead atoms. The van der Waals surface area contributed by atoms with E-state index in [-0.39, 0.29) is 0 Å². The molecule has 0 atom stereocenters. The average Bonchev–Trinajstić information content (AvgIpc) is 2.16. The second kappa shape index (κ2) is 5.39. The van der Waals surface area contributed by atoms with Crippen LogP contribution in [0.1, 0.15) is 0 Å². The molecule has 66 valence electrons. The fourth-order valence-electron chi connectivity index (χ4n) is 0.684. The zero-order valence-electron chi connectivity index (χ0n) is 7.20. The Balaban J connectivity index is 3.01. The molecule has 1 rings (SSSR count). The number of hydrogen-bond donors (Lipinski definition) is 0. The van der Waals surface area contributed by atoms with Crippen molar-refractivity contribution in [2.75, 3.05) is 0 Å². The quantitative estimate of drug-likeness (QED) is 0.622. The SMILES string of the molecule is C[Se]c1cc([Se]C)nc([Se]C)n1. The van der Waals surface area contributed by atoms with E-state index in [1.807, 2.05) is 0 Å². The van der Waals surface area contributed by atoms with Crippen molar-refractivity contribution >= 4 is 58.8 Å². The van der Waals surface area contributed by atoms with E-state index in [4.69, 9.17) is 0 Å². The molecule has 0 aliphatic heterocycles. The standard InChI is InChI=1S/C7H10N2Se3/c1-10-5-4-6(11-2)9-7(8-5)12-3/h4H,1-3H3. The van der Waals surface area contributed by atoms with Crippen molar-refractivity contribution in [2.45, 2.75) is 17.5 Å². The van der Waals surface area contributed by atoms with E-state index in [1.54, 1.807) is 0 Å². The van der Waals surface area contributed by atoms with E-state index in [1.165, 1.54) is 9.18 Å².